The van der Waals surface area contributed by atoms with Gasteiger partial charge in [0.05, 0.1) is 18.3 Å². The first-order chi connectivity index (χ1) is 23.8. The third kappa shape index (κ3) is 35.9. The molecule has 0 aromatic rings. The fourth-order valence-corrected chi connectivity index (χ4v) is 6.57. The smallest absolute Gasteiger partial charge is 0.317 e. The number of hydrogen-bond donors (Lipinski definition) is 2. The van der Waals surface area contributed by atoms with E-state index in [4.69, 9.17) is 10.2 Å². The van der Waals surface area contributed by atoms with Gasteiger partial charge >= 0.3 is 17.9 Å². The molecule has 290 valence electrons. The molecule has 2 unspecified atom stereocenters. The summed E-state index contributed by atoms with van der Waals surface area (Å²) in [7, 11) is 1.00. The van der Waals surface area contributed by atoms with E-state index in [-0.39, 0.29) is 30.1 Å². The molecule has 0 bridgehead atoms. The Balaban J connectivity index is 0. The molecule has 2 atom stereocenters. The van der Waals surface area contributed by atoms with Crippen LogP contribution in [0.15, 0.2) is 0 Å². The first-order valence-corrected chi connectivity index (χ1v) is 20.7. The Morgan fingerprint density at radius 2 is 0.918 bits per heavy atom. The van der Waals surface area contributed by atoms with Crippen LogP contribution in [0.3, 0.4) is 0 Å². The van der Waals surface area contributed by atoms with Crippen molar-refractivity contribution in [1.82, 2.24) is 0 Å². The van der Waals surface area contributed by atoms with Crippen molar-refractivity contribution >= 4 is 23.7 Å². The average Bonchev–Trinajstić information content (AvgIpc) is 3.41. The summed E-state index contributed by atoms with van der Waals surface area (Å²) >= 11 is 0. The summed E-state index contributed by atoms with van der Waals surface area (Å²) < 4.78 is 4.57. The molecule has 1 rings (SSSR count). The monoisotopic (exact) mass is 697 g/mol. The second-order valence-electron chi connectivity index (χ2n) is 14.4. The van der Waals surface area contributed by atoms with E-state index in [1.807, 2.05) is 0 Å². The maximum absolute atomic E-state index is 11.3. The fraction of sp³-hybridized carbons (Fsp3) is 0.905. The summed E-state index contributed by atoms with van der Waals surface area (Å²) in [5, 5.41) is 16.1. The summed E-state index contributed by atoms with van der Waals surface area (Å²) in [6.45, 7) is 6.00. The molecule has 7 nitrogen and oxygen atoms in total. The topological polar surface area (TPSA) is 118 Å². The van der Waals surface area contributed by atoms with Crippen molar-refractivity contribution in [3.05, 3.63) is 0 Å². The summed E-state index contributed by atoms with van der Waals surface area (Å²) in [6.07, 6.45) is 38.9. The summed E-state index contributed by atoms with van der Waals surface area (Å²) in [5.74, 6) is -2.11. The van der Waals surface area contributed by atoms with Gasteiger partial charge in [-0.3, -0.25) is 14.4 Å². The number of aliphatic hydroxyl groups is 1. The van der Waals surface area contributed by atoms with Gasteiger partial charge in [0.1, 0.15) is 5.78 Å². The van der Waals surface area contributed by atoms with Crippen LogP contribution in [-0.2, 0) is 23.9 Å². The molecule has 0 spiro atoms. The summed E-state index contributed by atoms with van der Waals surface area (Å²) in [4.78, 5) is 44.4. The molecule has 1 fully saturated rings. The van der Waals surface area contributed by atoms with Gasteiger partial charge in [-0.1, -0.05) is 194 Å². The number of unbranched alkanes of at least 4 members (excludes halogenated alkanes) is 26. The lowest BCUT2D eigenvalue weighted by Crippen LogP contribution is -2.16. The van der Waals surface area contributed by atoms with E-state index in [0.29, 0.717) is 12.8 Å². The molecule has 0 amide bonds. The quantitative estimate of drug-likeness (QED) is 0.0398. The lowest BCUT2D eigenvalue weighted by molar-refractivity contribution is -0.153. The van der Waals surface area contributed by atoms with Gasteiger partial charge in [-0.2, -0.15) is 0 Å². The molecule has 1 heterocycles. The van der Waals surface area contributed by atoms with Gasteiger partial charge in [0.2, 0.25) is 0 Å². The predicted molar refractivity (Wildman–Crippen MR) is 204 cm³/mol. The zero-order valence-electron chi connectivity index (χ0n) is 32.7. The van der Waals surface area contributed by atoms with Crippen LogP contribution in [0.2, 0.25) is 0 Å². The number of esters is 2. The van der Waals surface area contributed by atoms with Crippen LogP contribution in [0.4, 0.5) is 0 Å². The maximum atomic E-state index is 11.3. The van der Waals surface area contributed by atoms with Crippen LogP contribution in [0.1, 0.15) is 226 Å². The third-order valence-electron chi connectivity index (χ3n) is 9.66. The molecule has 0 aromatic carbocycles. The second kappa shape index (κ2) is 39.0. The van der Waals surface area contributed by atoms with Crippen molar-refractivity contribution < 1.29 is 34.1 Å². The molecule has 0 radical (unpaired) electrons. The first kappa shape index (κ1) is 49.4. The first-order valence-electron chi connectivity index (χ1n) is 20.7. The standard InChI is InChI=1S/C21H40O3.C20H36O3.CH4O/c1-3-4-5-6-7-8-9-10-11-12-13-14-15-16-17-20(21(23)24)18-19(2)22;1-2-3-4-5-6-7-8-9-10-11-12-13-14-15-16-18-17-19(21)23-20(18)22;1-2/h20H,3-18H2,1-2H3,(H,23,24);18H,2-17H2,1H3;2H,1H3. The minimum atomic E-state index is -0.820. The van der Waals surface area contributed by atoms with E-state index in [9.17, 15) is 19.2 Å². The number of carboxylic acid groups (broad SMARTS) is 1. The van der Waals surface area contributed by atoms with Crippen LogP contribution in [-0.4, -0.2) is 41.0 Å². The number of carbonyl (C=O) groups is 4. The number of aliphatic hydroxyl groups excluding tert-OH is 1. The van der Waals surface area contributed by atoms with Crippen molar-refractivity contribution in [2.75, 3.05) is 7.11 Å². The number of carbonyl (C=O) groups excluding carboxylic acids is 3. The zero-order chi connectivity index (χ0) is 36.8. The van der Waals surface area contributed by atoms with Gasteiger partial charge < -0.3 is 19.7 Å². The molecule has 0 aromatic heterocycles. The van der Waals surface area contributed by atoms with Gasteiger partial charge in [0.15, 0.2) is 0 Å². The zero-order valence-corrected chi connectivity index (χ0v) is 32.7. The number of rotatable bonds is 33. The van der Waals surface area contributed by atoms with Gasteiger partial charge in [0, 0.05) is 13.5 Å². The third-order valence-corrected chi connectivity index (χ3v) is 9.66. The summed E-state index contributed by atoms with van der Waals surface area (Å²) in [6, 6.07) is 0. The highest BCUT2D eigenvalue weighted by Crippen LogP contribution is 2.23. The average molecular weight is 697 g/mol. The van der Waals surface area contributed by atoms with E-state index in [0.717, 1.165) is 32.8 Å². The SMILES string of the molecule is CCCCCCCCCCCCCCCCC(CC(C)=O)C(=O)O.CCCCCCCCCCCCCCCCC1CC(=O)OC1=O.CO. The van der Waals surface area contributed by atoms with Crippen LogP contribution >= 0.6 is 0 Å². The molecule has 2 N–H and O–H groups in total. The largest absolute Gasteiger partial charge is 0.481 e. The lowest BCUT2D eigenvalue weighted by Gasteiger charge is -2.10. The van der Waals surface area contributed by atoms with Gasteiger partial charge in [-0.25, -0.2) is 0 Å². The van der Waals surface area contributed by atoms with Crippen LogP contribution in [0.25, 0.3) is 0 Å². The Kier molecular flexibility index (Phi) is 39.3. The molecule has 49 heavy (non-hydrogen) atoms. The van der Waals surface area contributed by atoms with Gasteiger partial charge in [0.25, 0.3) is 0 Å². The Hall–Kier alpha value is -1.76. The molecular formula is C42H80O7. The van der Waals surface area contributed by atoms with E-state index in [1.54, 1.807) is 0 Å². The van der Waals surface area contributed by atoms with E-state index < -0.39 is 11.9 Å². The maximum Gasteiger partial charge on any atom is 0.317 e. The van der Waals surface area contributed by atoms with E-state index in [2.05, 4.69) is 18.6 Å². The highest BCUT2D eigenvalue weighted by molar-refractivity contribution is 5.94. The van der Waals surface area contributed by atoms with Crippen molar-refractivity contribution in [2.24, 2.45) is 11.8 Å². The number of Topliss-reactive ketones (excluding diaryl/α,β-unsaturated/α-hetero) is 1. The normalized spacial score (nSPS) is 14.4. The van der Waals surface area contributed by atoms with E-state index in [1.165, 1.54) is 167 Å². The fourth-order valence-electron chi connectivity index (χ4n) is 6.57. The predicted octanol–water partition coefficient (Wildman–Crippen LogP) is 12.1. The van der Waals surface area contributed by atoms with Crippen molar-refractivity contribution in [3.63, 3.8) is 0 Å². The van der Waals surface area contributed by atoms with Crippen LogP contribution in [0.5, 0.6) is 0 Å². The Labute approximate surface area is 302 Å². The Morgan fingerprint density at radius 3 is 1.20 bits per heavy atom. The molecular weight excluding hydrogens is 616 g/mol. The number of ketones is 1. The summed E-state index contributed by atoms with van der Waals surface area (Å²) in [5.41, 5.74) is 0. The molecule has 0 aliphatic carbocycles. The van der Waals surface area contributed by atoms with Crippen molar-refractivity contribution in [2.45, 2.75) is 226 Å². The number of cyclic esters (lactones) is 2. The molecule has 0 saturated carbocycles. The molecule has 1 aliphatic heterocycles. The van der Waals surface area contributed by atoms with Crippen LogP contribution in [0, 0.1) is 11.8 Å². The van der Waals surface area contributed by atoms with Gasteiger partial charge in [-0.05, 0) is 19.8 Å². The van der Waals surface area contributed by atoms with Gasteiger partial charge in [-0.15, -0.1) is 0 Å². The number of hydrogen-bond acceptors (Lipinski definition) is 6. The second-order valence-corrected chi connectivity index (χ2v) is 14.4. The molecule has 7 heteroatoms. The van der Waals surface area contributed by atoms with E-state index >= 15 is 0 Å². The minimum absolute atomic E-state index is 0.0206. The lowest BCUT2D eigenvalue weighted by atomic mass is 9.95. The highest BCUT2D eigenvalue weighted by atomic mass is 16.6. The van der Waals surface area contributed by atoms with Crippen molar-refractivity contribution in [1.29, 1.82) is 0 Å². The highest BCUT2D eigenvalue weighted by Gasteiger charge is 2.32. The Morgan fingerprint density at radius 1 is 0.592 bits per heavy atom. The molecule has 1 aliphatic rings. The number of aliphatic carboxylic acids is 1. The molecule has 1 saturated heterocycles. The number of carboxylic acids is 1. The minimum Gasteiger partial charge on any atom is -0.481 e. The van der Waals surface area contributed by atoms with Crippen molar-refractivity contribution in [3.8, 4) is 0 Å². The Bertz CT molecular complexity index is 766. The van der Waals surface area contributed by atoms with Crippen LogP contribution < -0.4 is 0 Å². The number of ether oxygens (including phenoxy) is 1.